The second kappa shape index (κ2) is 11.3. The first-order valence-corrected chi connectivity index (χ1v) is 11.3. The van der Waals surface area contributed by atoms with Crippen molar-refractivity contribution in [3.63, 3.8) is 0 Å². The van der Waals surface area contributed by atoms with Crippen LogP contribution < -0.4 is 14.2 Å². The van der Waals surface area contributed by atoms with E-state index >= 15 is 0 Å². The van der Waals surface area contributed by atoms with Crippen molar-refractivity contribution in [1.29, 1.82) is 0 Å². The number of benzene rings is 2. The van der Waals surface area contributed by atoms with Gasteiger partial charge in [-0.05, 0) is 30.2 Å². The highest BCUT2D eigenvalue weighted by Crippen LogP contribution is 2.43. The normalized spacial score (nSPS) is 17.2. The molecule has 1 unspecified atom stereocenters. The number of aliphatic hydroxyl groups is 2. The van der Waals surface area contributed by atoms with Gasteiger partial charge >= 0.3 is 0 Å². The summed E-state index contributed by atoms with van der Waals surface area (Å²) >= 11 is 6.28. The summed E-state index contributed by atoms with van der Waals surface area (Å²) < 4.78 is 16.3. The summed E-state index contributed by atoms with van der Waals surface area (Å²) in [4.78, 5) is 27.5. The molecule has 3 rings (SSSR count). The highest BCUT2D eigenvalue weighted by atomic mass is 35.5. The zero-order valence-corrected chi connectivity index (χ0v) is 20.1. The highest BCUT2D eigenvalue weighted by molar-refractivity contribution is 6.46. The number of amides is 1. The summed E-state index contributed by atoms with van der Waals surface area (Å²) in [6.07, 6.45) is 1.09. The van der Waals surface area contributed by atoms with E-state index in [4.69, 9.17) is 30.9 Å². The largest absolute Gasteiger partial charge is 0.507 e. The monoisotopic (exact) mass is 489 g/mol. The molecule has 0 saturated carbocycles. The Balaban J connectivity index is 2.17. The molecule has 0 radical (unpaired) electrons. The summed E-state index contributed by atoms with van der Waals surface area (Å²) in [5.74, 6) is -0.783. The number of Topliss-reactive ketones (excluding diaryl/α,β-unsaturated/α-hetero) is 1. The van der Waals surface area contributed by atoms with Gasteiger partial charge in [0.1, 0.15) is 23.0 Å². The lowest BCUT2D eigenvalue weighted by Crippen LogP contribution is -2.30. The van der Waals surface area contributed by atoms with Crippen molar-refractivity contribution in [1.82, 2.24) is 4.90 Å². The Morgan fingerprint density at radius 3 is 2.50 bits per heavy atom. The number of rotatable bonds is 10. The average molecular weight is 490 g/mol. The highest BCUT2D eigenvalue weighted by Gasteiger charge is 2.46. The Morgan fingerprint density at radius 2 is 1.85 bits per heavy atom. The van der Waals surface area contributed by atoms with Crippen molar-refractivity contribution in [3.05, 3.63) is 58.1 Å². The Labute approximate surface area is 203 Å². The number of hydrogen-bond donors (Lipinski definition) is 2. The Hall–Kier alpha value is -3.23. The molecule has 8 nitrogen and oxygen atoms in total. The van der Waals surface area contributed by atoms with Crippen LogP contribution >= 0.6 is 11.6 Å². The minimum atomic E-state index is -0.827. The summed E-state index contributed by atoms with van der Waals surface area (Å²) in [6.45, 7) is 2.54. The molecular weight excluding hydrogens is 462 g/mol. The van der Waals surface area contributed by atoms with E-state index in [-0.39, 0.29) is 28.5 Å². The van der Waals surface area contributed by atoms with Gasteiger partial charge in [0.25, 0.3) is 11.7 Å². The Morgan fingerprint density at radius 1 is 1.12 bits per heavy atom. The molecule has 182 valence electrons. The molecule has 1 heterocycles. The van der Waals surface area contributed by atoms with Gasteiger partial charge in [0.15, 0.2) is 0 Å². The molecule has 0 spiro atoms. The molecule has 2 aromatic carbocycles. The van der Waals surface area contributed by atoms with Crippen LogP contribution in [0, 0.1) is 0 Å². The number of ketones is 1. The number of aliphatic hydroxyl groups excluding tert-OH is 2. The molecule has 1 aliphatic rings. The number of carbonyl (C=O) groups excluding carboxylic acids is 2. The summed E-state index contributed by atoms with van der Waals surface area (Å²) in [6, 6.07) is 9.11. The first kappa shape index (κ1) is 25.4. The van der Waals surface area contributed by atoms with Crippen LogP contribution in [0.3, 0.4) is 0 Å². The van der Waals surface area contributed by atoms with Crippen LogP contribution in [-0.4, -0.2) is 60.8 Å². The zero-order valence-electron chi connectivity index (χ0n) is 19.3. The molecule has 0 bridgehead atoms. The molecule has 2 aromatic rings. The van der Waals surface area contributed by atoms with Crippen molar-refractivity contribution < 1.29 is 34.0 Å². The molecule has 34 heavy (non-hydrogen) atoms. The minimum Gasteiger partial charge on any atom is -0.507 e. The number of nitrogens with zero attached hydrogens (tertiary/aromatic N) is 1. The van der Waals surface area contributed by atoms with E-state index in [1.807, 2.05) is 6.92 Å². The standard InChI is InChI=1S/C25H28ClNO7/c1-4-9-27-22(15-7-5-8-16(12-15)34-11-6-10-28)21(24(30)25(27)31)23(29)17-13-18(26)20(33-3)14-19(17)32-2/h5,7-8,12-14,22,28-29H,4,6,9-11H2,1-3H3/b23-21+. The molecule has 1 amide bonds. The van der Waals surface area contributed by atoms with Crippen molar-refractivity contribution in [2.24, 2.45) is 0 Å². The molecular formula is C25H28ClNO7. The van der Waals surface area contributed by atoms with Crippen LogP contribution in [-0.2, 0) is 9.59 Å². The predicted octanol–water partition coefficient (Wildman–Crippen LogP) is 3.95. The second-order valence-electron chi connectivity index (χ2n) is 7.68. The number of ether oxygens (including phenoxy) is 3. The van der Waals surface area contributed by atoms with Crippen LogP contribution in [0.5, 0.6) is 17.2 Å². The number of carbonyl (C=O) groups is 2. The third kappa shape index (κ3) is 4.98. The lowest BCUT2D eigenvalue weighted by Gasteiger charge is -2.25. The van der Waals surface area contributed by atoms with Crippen LogP contribution in [0.25, 0.3) is 5.76 Å². The Kier molecular flexibility index (Phi) is 8.41. The van der Waals surface area contributed by atoms with Crippen molar-refractivity contribution in [2.45, 2.75) is 25.8 Å². The number of likely N-dealkylation sites (tertiary alicyclic amines) is 1. The molecule has 1 aliphatic heterocycles. The number of methoxy groups -OCH3 is 2. The Bertz CT molecular complexity index is 1100. The second-order valence-corrected chi connectivity index (χ2v) is 8.08. The van der Waals surface area contributed by atoms with E-state index in [0.717, 1.165) is 0 Å². The zero-order chi connectivity index (χ0) is 24.8. The van der Waals surface area contributed by atoms with Gasteiger partial charge in [0, 0.05) is 25.6 Å². The van der Waals surface area contributed by atoms with Gasteiger partial charge in [-0.3, -0.25) is 9.59 Å². The van der Waals surface area contributed by atoms with E-state index in [1.165, 1.54) is 31.3 Å². The smallest absolute Gasteiger partial charge is 0.295 e. The summed E-state index contributed by atoms with van der Waals surface area (Å²) in [5, 5.41) is 20.5. The molecule has 1 saturated heterocycles. The van der Waals surface area contributed by atoms with Crippen LogP contribution in [0.15, 0.2) is 42.0 Å². The van der Waals surface area contributed by atoms with E-state index < -0.39 is 23.5 Å². The third-order valence-corrected chi connectivity index (χ3v) is 5.77. The summed E-state index contributed by atoms with van der Waals surface area (Å²) in [5.41, 5.74) is 0.711. The van der Waals surface area contributed by atoms with Gasteiger partial charge in [0.05, 0.1) is 43.0 Å². The quantitative estimate of drug-likeness (QED) is 0.225. The minimum absolute atomic E-state index is 0.00259. The topological polar surface area (TPSA) is 106 Å². The van der Waals surface area contributed by atoms with Crippen molar-refractivity contribution in [3.8, 4) is 17.2 Å². The van der Waals surface area contributed by atoms with Crippen molar-refractivity contribution >= 4 is 29.1 Å². The van der Waals surface area contributed by atoms with E-state index in [2.05, 4.69) is 0 Å². The molecule has 0 aliphatic carbocycles. The number of halogens is 1. The fourth-order valence-electron chi connectivity index (χ4n) is 3.92. The maximum Gasteiger partial charge on any atom is 0.295 e. The van der Waals surface area contributed by atoms with E-state index in [0.29, 0.717) is 43.1 Å². The first-order chi connectivity index (χ1) is 16.4. The van der Waals surface area contributed by atoms with E-state index in [1.54, 1.807) is 24.3 Å². The SMILES string of the molecule is CCCN1C(=O)C(=O)/C(=C(/O)c2cc(Cl)c(OC)cc2OC)C1c1cccc(OCCCO)c1. The summed E-state index contributed by atoms with van der Waals surface area (Å²) in [7, 11) is 2.87. The number of hydrogen-bond acceptors (Lipinski definition) is 7. The van der Waals surface area contributed by atoms with Crippen LogP contribution in [0.2, 0.25) is 5.02 Å². The lowest BCUT2D eigenvalue weighted by atomic mass is 9.94. The van der Waals surface area contributed by atoms with Crippen LogP contribution in [0.1, 0.15) is 36.9 Å². The molecule has 2 N–H and O–H groups in total. The van der Waals surface area contributed by atoms with Crippen molar-refractivity contribution in [2.75, 3.05) is 34.0 Å². The molecule has 0 aromatic heterocycles. The van der Waals surface area contributed by atoms with E-state index in [9.17, 15) is 14.7 Å². The van der Waals surface area contributed by atoms with Gasteiger partial charge in [-0.15, -0.1) is 0 Å². The predicted molar refractivity (Wildman–Crippen MR) is 127 cm³/mol. The molecule has 9 heteroatoms. The van der Waals surface area contributed by atoms with Gasteiger partial charge in [-0.25, -0.2) is 0 Å². The van der Waals surface area contributed by atoms with Crippen LogP contribution in [0.4, 0.5) is 0 Å². The lowest BCUT2D eigenvalue weighted by molar-refractivity contribution is -0.139. The average Bonchev–Trinajstić information content (AvgIpc) is 3.09. The maximum absolute atomic E-state index is 13.1. The first-order valence-electron chi connectivity index (χ1n) is 10.9. The fourth-order valence-corrected chi connectivity index (χ4v) is 4.16. The van der Waals surface area contributed by atoms with Gasteiger partial charge in [-0.1, -0.05) is 30.7 Å². The maximum atomic E-state index is 13.1. The van der Waals surface area contributed by atoms with Gasteiger partial charge < -0.3 is 29.3 Å². The molecule has 1 fully saturated rings. The fraction of sp³-hybridized carbons (Fsp3) is 0.360. The van der Waals surface area contributed by atoms with Gasteiger partial charge in [0.2, 0.25) is 0 Å². The molecule has 1 atom stereocenters. The van der Waals surface area contributed by atoms with Gasteiger partial charge in [-0.2, -0.15) is 0 Å². The third-order valence-electron chi connectivity index (χ3n) is 5.48.